The van der Waals surface area contributed by atoms with Crippen LogP contribution in [0.5, 0.6) is 0 Å². The van der Waals surface area contributed by atoms with Gasteiger partial charge in [-0.25, -0.2) is 0 Å². The Balaban J connectivity index is 1.29. The van der Waals surface area contributed by atoms with Crippen molar-refractivity contribution in [2.45, 2.75) is 95.2 Å². The van der Waals surface area contributed by atoms with Crippen LogP contribution in [0.15, 0.2) is 11.6 Å². The monoisotopic (exact) mass is 374 g/mol. The first-order valence-corrected chi connectivity index (χ1v) is 11.1. The van der Waals surface area contributed by atoms with E-state index < -0.39 is 5.79 Å². The van der Waals surface area contributed by atoms with Gasteiger partial charge in [0, 0.05) is 23.7 Å². The molecule has 2 saturated heterocycles. The molecule has 1 spiro atoms. The molecule has 4 aliphatic carbocycles. The summed E-state index contributed by atoms with van der Waals surface area (Å²) in [6.07, 6.45) is 10.7. The lowest BCUT2D eigenvalue weighted by Gasteiger charge is -2.52. The molecular formula is C23H34O4. The number of ether oxygens (including phenoxy) is 3. The van der Waals surface area contributed by atoms with E-state index in [-0.39, 0.29) is 28.1 Å². The Morgan fingerprint density at radius 1 is 1.00 bits per heavy atom. The minimum absolute atomic E-state index is 0.0459. The molecule has 0 aromatic carbocycles. The zero-order chi connectivity index (χ0) is 18.7. The minimum atomic E-state index is -0.421. The fourth-order valence-electron chi connectivity index (χ4n) is 7.55. The van der Waals surface area contributed by atoms with Crippen molar-refractivity contribution in [2.75, 3.05) is 13.2 Å². The second-order valence-corrected chi connectivity index (χ2v) is 11.5. The van der Waals surface area contributed by atoms with E-state index in [1.807, 2.05) is 0 Å². The number of allylic oxidation sites excluding steroid dienone is 1. The highest BCUT2D eigenvalue weighted by Gasteiger charge is 2.79. The molecular weight excluding hydrogens is 340 g/mol. The molecule has 2 aliphatic heterocycles. The van der Waals surface area contributed by atoms with E-state index in [2.05, 4.69) is 26.8 Å². The maximum Gasteiger partial charge on any atom is 0.171 e. The number of rotatable bonds is 0. The van der Waals surface area contributed by atoms with Gasteiger partial charge in [0.1, 0.15) is 11.2 Å². The third-order valence-corrected chi connectivity index (χ3v) is 9.26. The highest BCUT2D eigenvalue weighted by Crippen LogP contribution is 2.73. The molecule has 5 fully saturated rings. The third kappa shape index (κ3) is 2.09. The molecule has 6 aliphatic rings. The van der Waals surface area contributed by atoms with Gasteiger partial charge in [-0.3, -0.25) is 0 Å². The van der Waals surface area contributed by atoms with E-state index in [4.69, 9.17) is 14.2 Å². The van der Waals surface area contributed by atoms with Crippen LogP contribution in [-0.4, -0.2) is 41.4 Å². The lowest BCUT2D eigenvalue weighted by Crippen LogP contribution is -2.56. The number of hydrogen-bond acceptors (Lipinski definition) is 4. The minimum Gasteiger partial charge on any atom is -0.393 e. The van der Waals surface area contributed by atoms with Gasteiger partial charge in [0.15, 0.2) is 5.79 Å². The Morgan fingerprint density at radius 3 is 2.56 bits per heavy atom. The molecule has 2 heterocycles. The number of aliphatic hydroxyl groups excluding tert-OH is 1. The average Bonchev–Trinajstić information content (AvgIpc) is 3.23. The van der Waals surface area contributed by atoms with Crippen molar-refractivity contribution in [1.82, 2.24) is 0 Å². The molecule has 0 aromatic rings. The Hall–Kier alpha value is -0.420. The van der Waals surface area contributed by atoms with E-state index >= 15 is 0 Å². The van der Waals surface area contributed by atoms with Crippen LogP contribution in [0, 0.1) is 22.7 Å². The van der Waals surface area contributed by atoms with Crippen LogP contribution in [0.25, 0.3) is 0 Å². The average molecular weight is 375 g/mol. The Kier molecular flexibility index (Phi) is 3.23. The summed E-state index contributed by atoms with van der Waals surface area (Å²) in [5.74, 6) is 0.816. The van der Waals surface area contributed by atoms with E-state index in [9.17, 15) is 5.11 Å². The van der Waals surface area contributed by atoms with Crippen LogP contribution in [0.3, 0.4) is 0 Å². The van der Waals surface area contributed by atoms with Crippen molar-refractivity contribution in [1.29, 1.82) is 0 Å². The quantitative estimate of drug-likeness (QED) is 0.515. The van der Waals surface area contributed by atoms with E-state index in [1.54, 1.807) is 5.57 Å². The number of hydrogen-bond donors (Lipinski definition) is 1. The first kappa shape index (κ1) is 17.4. The zero-order valence-corrected chi connectivity index (χ0v) is 17.1. The summed E-state index contributed by atoms with van der Waals surface area (Å²) in [5.41, 5.74) is 1.67. The second-order valence-electron chi connectivity index (χ2n) is 11.5. The van der Waals surface area contributed by atoms with Gasteiger partial charge in [-0.2, -0.15) is 0 Å². The van der Waals surface area contributed by atoms with Crippen LogP contribution in [0.4, 0.5) is 0 Å². The van der Waals surface area contributed by atoms with E-state index in [0.717, 1.165) is 51.7 Å². The summed E-state index contributed by atoms with van der Waals surface area (Å²) in [5, 5.41) is 10.6. The van der Waals surface area contributed by atoms with Gasteiger partial charge in [-0.05, 0) is 55.9 Å². The van der Waals surface area contributed by atoms with Crippen molar-refractivity contribution in [3.8, 4) is 0 Å². The smallest absolute Gasteiger partial charge is 0.171 e. The van der Waals surface area contributed by atoms with E-state index in [0.29, 0.717) is 11.8 Å². The number of fused-ring (bicyclic) bond motifs is 3. The second kappa shape index (κ2) is 5.00. The van der Waals surface area contributed by atoms with Crippen LogP contribution in [0.2, 0.25) is 0 Å². The Bertz CT molecular complexity index is 703. The first-order valence-electron chi connectivity index (χ1n) is 11.1. The molecule has 150 valence electrons. The lowest BCUT2D eigenvalue weighted by molar-refractivity contribution is -0.313. The van der Waals surface area contributed by atoms with Gasteiger partial charge >= 0.3 is 0 Å². The van der Waals surface area contributed by atoms with Crippen molar-refractivity contribution in [3.63, 3.8) is 0 Å². The van der Waals surface area contributed by atoms with Crippen LogP contribution in [-0.2, 0) is 14.2 Å². The molecule has 3 unspecified atom stereocenters. The predicted octanol–water partition coefficient (Wildman–Crippen LogP) is 3.96. The van der Waals surface area contributed by atoms with Gasteiger partial charge in [0.2, 0.25) is 0 Å². The fourth-order valence-corrected chi connectivity index (χ4v) is 7.55. The summed E-state index contributed by atoms with van der Waals surface area (Å²) < 4.78 is 19.4. The highest BCUT2D eigenvalue weighted by atomic mass is 16.7. The molecule has 1 N–H and O–H groups in total. The molecule has 4 nitrogen and oxygen atoms in total. The summed E-state index contributed by atoms with van der Waals surface area (Å²) in [4.78, 5) is 0. The first-order chi connectivity index (χ1) is 12.7. The maximum absolute atomic E-state index is 10.6. The molecule has 0 aromatic heterocycles. The topological polar surface area (TPSA) is 51.2 Å². The summed E-state index contributed by atoms with van der Waals surface area (Å²) in [7, 11) is 0. The van der Waals surface area contributed by atoms with Crippen molar-refractivity contribution >= 4 is 0 Å². The van der Waals surface area contributed by atoms with Crippen LogP contribution >= 0.6 is 0 Å². The summed E-state index contributed by atoms with van der Waals surface area (Å²) in [6.45, 7) is 8.30. The lowest BCUT2D eigenvalue weighted by atomic mass is 9.54. The predicted molar refractivity (Wildman–Crippen MR) is 101 cm³/mol. The van der Waals surface area contributed by atoms with Gasteiger partial charge in [-0.1, -0.05) is 26.8 Å². The normalized spacial score (nSPS) is 54.4. The number of aliphatic hydroxyl groups is 1. The van der Waals surface area contributed by atoms with Gasteiger partial charge < -0.3 is 19.3 Å². The molecule has 27 heavy (non-hydrogen) atoms. The van der Waals surface area contributed by atoms with E-state index in [1.165, 1.54) is 12.8 Å². The van der Waals surface area contributed by atoms with Crippen LogP contribution in [0.1, 0.15) is 72.1 Å². The van der Waals surface area contributed by atoms with Crippen molar-refractivity contribution in [3.05, 3.63) is 11.6 Å². The van der Waals surface area contributed by atoms with Gasteiger partial charge in [0.05, 0.1) is 19.3 Å². The molecule has 0 radical (unpaired) electrons. The largest absolute Gasteiger partial charge is 0.393 e. The third-order valence-electron chi connectivity index (χ3n) is 9.26. The maximum atomic E-state index is 10.6. The molecule has 6 atom stereocenters. The highest BCUT2D eigenvalue weighted by molar-refractivity contribution is 5.43. The van der Waals surface area contributed by atoms with Gasteiger partial charge in [0.25, 0.3) is 0 Å². The standard InChI is InChI=1S/C23H34O4/c1-19(2)13-25-22(26-14-19)10-11-23-17-7-8-20(3)16(4-5-18(20)24)15(17)6-9-21(23,12-22)27-23/h7,15-16,18,24H,4-6,8-14H2,1-3H3/t15?,16?,18-,20?,21+,23+/m0/s1. The summed E-state index contributed by atoms with van der Waals surface area (Å²) in [6, 6.07) is 0. The molecule has 0 bridgehead atoms. The van der Waals surface area contributed by atoms with Crippen LogP contribution < -0.4 is 0 Å². The zero-order valence-electron chi connectivity index (χ0n) is 17.1. The Labute approximate surface area is 162 Å². The van der Waals surface area contributed by atoms with Crippen molar-refractivity contribution < 1.29 is 19.3 Å². The molecule has 6 rings (SSSR count). The van der Waals surface area contributed by atoms with Crippen molar-refractivity contribution in [2.24, 2.45) is 22.7 Å². The fraction of sp³-hybridized carbons (Fsp3) is 0.913. The molecule has 0 amide bonds. The SMILES string of the molecule is CC1(C)COC2(CC[C@]34O[C@]3(CCC3C4=CCC4(C)C3CC[C@@H]4O)C2)OC1. The molecule has 3 saturated carbocycles. The summed E-state index contributed by atoms with van der Waals surface area (Å²) >= 11 is 0. The Morgan fingerprint density at radius 2 is 1.78 bits per heavy atom. The van der Waals surface area contributed by atoms with Gasteiger partial charge in [-0.15, -0.1) is 0 Å². The number of epoxide rings is 1. The molecule has 4 heteroatoms.